The topological polar surface area (TPSA) is 76.6 Å². The van der Waals surface area contributed by atoms with Crippen LogP contribution in [0, 0.1) is 6.92 Å². The molecule has 0 aliphatic carbocycles. The zero-order valence-electron chi connectivity index (χ0n) is 15.5. The van der Waals surface area contributed by atoms with E-state index in [-0.39, 0.29) is 5.91 Å². The average molecular weight is 368 g/mol. The van der Waals surface area contributed by atoms with Crippen molar-refractivity contribution in [3.05, 3.63) is 46.8 Å². The summed E-state index contributed by atoms with van der Waals surface area (Å²) >= 11 is 0. The number of carbonyl (C=O) groups excluding carboxylic acids is 1. The molecule has 2 aliphatic heterocycles. The molecule has 4 rings (SSSR count). The highest BCUT2D eigenvalue weighted by Gasteiger charge is 2.23. The van der Waals surface area contributed by atoms with Crippen molar-refractivity contribution >= 4 is 17.5 Å². The van der Waals surface area contributed by atoms with Gasteiger partial charge in [-0.2, -0.15) is 0 Å². The number of anilines is 2. The Balaban J connectivity index is 1.68. The van der Waals surface area contributed by atoms with E-state index >= 15 is 0 Å². The molecule has 0 spiro atoms. The third kappa shape index (κ3) is 4.09. The van der Waals surface area contributed by atoms with E-state index in [2.05, 4.69) is 15.2 Å². The number of pyridine rings is 2. The first-order valence-electron chi connectivity index (χ1n) is 9.38. The normalized spacial score (nSPS) is 17.1. The number of hydrogen-bond acceptors (Lipinski definition) is 6. The zero-order chi connectivity index (χ0) is 18.6. The number of aryl methyl sites for hydroxylation is 1. The van der Waals surface area contributed by atoms with Crippen molar-refractivity contribution in [2.24, 2.45) is 0 Å². The van der Waals surface area contributed by atoms with Crippen molar-refractivity contribution in [1.82, 2.24) is 9.97 Å². The maximum Gasteiger partial charge on any atom is 0.257 e. The first-order valence-corrected chi connectivity index (χ1v) is 9.38. The molecule has 27 heavy (non-hydrogen) atoms. The lowest BCUT2D eigenvalue weighted by Gasteiger charge is -2.29. The number of rotatable bonds is 3. The largest absolute Gasteiger partial charge is 0.381 e. The van der Waals surface area contributed by atoms with Crippen molar-refractivity contribution in [3.8, 4) is 0 Å². The summed E-state index contributed by atoms with van der Waals surface area (Å²) in [4.78, 5) is 24.4. The molecule has 142 valence electrons. The van der Waals surface area contributed by atoms with Gasteiger partial charge in [0.25, 0.3) is 5.91 Å². The van der Waals surface area contributed by atoms with Crippen LogP contribution in [0.5, 0.6) is 0 Å². The lowest BCUT2D eigenvalue weighted by molar-refractivity contribution is 0.102. The van der Waals surface area contributed by atoms with Gasteiger partial charge in [-0.3, -0.25) is 4.79 Å². The molecule has 1 fully saturated rings. The smallest absolute Gasteiger partial charge is 0.257 e. The third-order valence-corrected chi connectivity index (χ3v) is 4.91. The zero-order valence-corrected chi connectivity index (χ0v) is 15.5. The third-order valence-electron chi connectivity index (χ3n) is 4.91. The Morgan fingerprint density at radius 3 is 2.67 bits per heavy atom. The van der Waals surface area contributed by atoms with Crippen LogP contribution < -0.4 is 10.2 Å². The Hall–Kier alpha value is -2.51. The van der Waals surface area contributed by atoms with Gasteiger partial charge >= 0.3 is 0 Å². The van der Waals surface area contributed by atoms with E-state index in [0.29, 0.717) is 44.2 Å². The van der Waals surface area contributed by atoms with Gasteiger partial charge in [-0.15, -0.1) is 0 Å². The highest BCUT2D eigenvalue weighted by atomic mass is 16.5. The van der Waals surface area contributed by atoms with Gasteiger partial charge in [0.2, 0.25) is 0 Å². The Kier molecular flexibility index (Phi) is 5.31. The minimum atomic E-state index is -0.151. The molecule has 2 aromatic rings. The lowest BCUT2D eigenvalue weighted by atomic mass is 10.0. The molecule has 0 bridgehead atoms. The molecule has 2 aromatic heterocycles. The van der Waals surface area contributed by atoms with E-state index in [1.807, 2.05) is 25.1 Å². The summed E-state index contributed by atoms with van der Waals surface area (Å²) in [6.07, 6.45) is 3.15. The van der Waals surface area contributed by atoms with Crippen molar-refractivity contribution in [2.75, 3.05) is 49.7 Å². The van der Waals surface area contributed by atoms with Crippen LogP contribution in [0.25, 0.3) is 0 Å². The van der Waals surface area contributed by atoms with E-state index in [0.717, 1.165) is 42.1 Å². The monoisotopic (exact) mass is 368 g/mol. The van der Waals surface area contributed by atoms with Gasteiger partial charge in [0.05, 0.1) is 26.4 Å². The first-order chi connectivity index (χ1) is 13.2. The Labute approximate surface area is 158 Å². The summed E-state index contributed by atoms with van der Waals surface area (Å²) in [6, 6.07) is 5.65. The molecule has 4 heterocycles. The standard InChI is InChI=1S/C20H24N4O3/c1-14-2-3-18(21-13-14)23-20(25)16-12-19(24-6-10-27-11-7-24)22-17-5-9-26-8-4-15(16)17/h2-3,12-13H,4-11H2,1H3,(H,21,23,25). The van der Waals surface area contributed by atoms with E-state index in [1.165, 1.54) is 0 Å². The molecule has 1 N–H and O–H groups in total. The number of amides is 1. The molecule has 0 aromatic carbocycles. The number of morpholine rings is 1. The van der Waals surface area contributed by atoms with E-state index < -0.39 is 0 Å². The number of nitrogens with zero attached hydrogens (tertiary/aromatic N) is 3. The van der Waals surface area contributed by atoms with Gasteiger partial charge in [0.15, 0.2) is 0 Å². The molecule has 7 nitrogen and oxygen atoms in total. The Morgan fingerprint density at radius 2 is 1.89 bits per heavy atom. The van der Waals surface area contributed by atoms with Gasteiger partial charge < -0.3 is 19.7 Å². The van der Waals surface area contributed by atoms with Gasteiger partial charge in [-0.1, -0.05) is 6.07 Å². The van der Waals surface area contributed by atoms with Crippen LogP contribution >= 0.6 is 0 Å². The van der Waals surface area contributed by atoms with Gasteiger partial charge in [0, 0.05) is 37.0 Å². The number of carbonyl (C=O) groups is 1. The summed E-state index contributed by atoms with van der Waals surface area (Å²) in [5, 5.41) is 2.92. The van der Waals surface area contributed by atoms with Gasteiger partial charge in [-0.25, -0.2) is 9.97 Å². The summed E-state index contributed by atoms with van der Waals surface area (Å²) in [7, 11) is 0. The number of ether oxygens (including phenoxy) is 2. The number of aromatic nitrogens is 2. The maximum atomic E-state index is 13.1. The average Bonchev–Trinajstić information content (AvgIpc) is 2.95. The van der Waals surface area contributed by atoms with Crippen molar-refractivity contribution < 1.29 is 14.3 Å². The molecule has 0 unspecified atom stereocenters. The van der Waals surface area contributed by atoms with E-state index in [4.69, 9.17) is 14.5 Å². The van der Waals surface area contributed by atoms with Crippen molar-refractivity contribution in [1.29, 1.82) is 0 Å². The maximum absolute atomic E-state index is 13.1. The number of nitrogens with one attached hydrogen (secondary N) is 1. The number of fused-ring (bicyclic) bond motifs is 1. The second-order valence-electron chi connectivity index (χ2n) is 6.84. The first kappa shape index (κ1) is 17.9. The Bertz CT molecular complexity index is 817. The quantitative estimate of drug-likeness (QED) is 0.893. The fourth-order valence-electron chi connectivity index (χ4n) is 3.42. The summed E-state index contributed by atoms with van der Waals surface area (Å²) < 4.78 is 11.1. The van der Waals surface area contributed by atoms with Crippen LogP contribution in [0.3, 0.4) is 0 Å². The second-order valence-corrected chi connectivity index (χ2v) is 6.84. The van der Waals surface area contributed by atoms with Crippen LogP contribution in [0.15, 0.2) is 24.4 Å². The van der Waals surface area contributed by atoms with E-state index in [9.17, 15) is 4.79 Å². The predicted molar refractivity (Wildman–Crippen MR) is 102 cm³/mol. The molecule has 0 radical (unpaired) electrons. The minimum absolute atomic E-state index is 0.151. The minimum Gasteiger partial charge on any atom is -0.381 e. The van der Waals surface area contributed by atoms with Crippen LogP contribution in [0.2, 0.25) is 0 Å². The fraction of sp³-hybridized carbons (Fsp3) is 0.450. The molecule has 2 aliphatic rings. The molecular weight excluding hydrogens is 344 g/mol. The molecule has 1 amide bonds. The lowest BCUT2D eigenvalue weighted by Crippen LogP contribution is -2.37. The molecular formula is C20H24N4O3. The van der Waals surface area contributed by atoms with Gasteiger partial charge in [-0.05, 0) is 36.6 Å². The van der Waals surface area contributed by atoms with Crippen LogP contribution in [-0.4, -0.2) is 55.4 Å². The van der Waals surface area contributed by atoms with Crippen LogP contribution in [-0.2, 0) is 22.3 Å². The van der Waals surface area contributed by atoms with Crippen LogP contribution in [0.1, 0.15) is 27.2 Å². The fourth-order valence-corrected chi connectivity index (χ4v) is 3.42. The summed E-state index contributed by atoms with van der Waals surface area (Å²) in [5.41, 5.74) is 3.65. The number of hydrogen-bond donors (Lipinski definition) is 1. The Morgan fingerprint density at radius 1 is 1.11 bits per heavy atom. The highest BCUT2D eigenvalue weighted by Crippen LogP contribution is 2.25. The van der Waals surface area contributed by atoms with Crippen molar-refractivity contribution in [2.45, 2.75) is 19.8 Å². The summed E-state index contributed by atoms with van der Waals surface area (Å²) in [5.74, 6) is 1.23. The predicted octanol–water partition coefficient (Wildman–Crippen LogP) is 1.99. The van der Waals surface area contributed by atoms with Crippen molar-refractivity contribution in [3.63, 3.8) is 0 Å². The highest BCUT2D eigenvalue weighted by molar-refractivity contribution is 6.05. The van der Waals surface area contributed by atoms with Gasteiger partial charge in [0.1, 0.15) is 11.6 Å². The van der Waals surface area contributed by atoms with Crippen LogP contribution in [0.4, 0.5) is 11.6 Å². The summed E-state index contributed by atoms with van der Waals surface area (Å²) in [6.45, 7) is 6.12. The molecule has 7 heteroatoms. The second kappa shape index (κ2) is 8.02. The molecule has 0 saturated carbocycles. The SMILES string of the molecule is Cc1ccc(NC(=O)c2cc(N3CCOCC3)nc3c2CCOCC3)nc1. The molecule has 1 saturated heterocycles. The molecule has 0 atom stereocenters. The van der Waals surface area contributed by atoms with E-state index in [1.54, 1.807) is 6.20 Å².